The predicted octanol–water partition coefficient (Wildman–Crippen LogP) is 4.48. The number of benzene rings is 1. The number of sulfonamides is 1. The summed E-state index contributed by atoms with van der Waals surface area (Å²) in [6.07, 6.45) is 7.36. The van der Waals surface area contributed by atoms with Crippen molar-refractivity contribution in [1.82, 2.24) is 9.21 Å². The van der Waals surface area contributed by atoms with Gasteiger partial charge in [-0.15, -0.1) is 0 Å². The van der Waals surface area contributed by atoms with Crippen LogP contribution in [0, 0.1) is 0 Å². The molecule has 1 unspecified atom stereocenters. The van der Waals surface area contributed by atoms with Gasteiger partial charge in [-0.25, -0.2) is 8.42 Å². The standard InChI is InChI=1S/C23H31N3O3S2/c1-25(20-6-3-2-4-7-20)31(28,29)21-11-9-19(10-12-21)24-23(27)16-26-14-5-8-22(26)18-13-15-30-17-18/h9-13,15,17,20,22H,2-8,14,16H2,1H3,(H,24,27). The highest BCUT2D eigenvalue weighted by molar-refractivity contribution is 7.89. The van der Waals surface area contributed by atoms with Crippen molar-refractivity contribution in [2.45, 2.75) is 61.9 Å². The molecule has 1 atom stereocenters. The number of hydrogen-bond acceptors (Lipinski definition) is 5. The average Bonchev–Trinajstić information content (AvgIpc) is 3.46. The monoisotopic (exact) mass is 461 g/mol. The largest absolute Gasteiger partial charge is 0.325 e. The fourth-order valence-corrected chi connectivity index (χ4v) is 6.88. The van der Waals surface area contributed by atoms with Crippen LogP contribution in [0.3, 0.4) is 0 Å². The van der Waals surface area contributed by atoms with Crippen LogP contribution in [-0.2, 0) is 14.8 Å². The van der Waals surface area contributed by atoms with Crippen LogP contribution in [0.15, 0.2) is 46.0 Å². The van der Waals surface area contributed by atoms with Gasteiger partial charge in [0.15, 0.2) is 0 Å². The van der Waals surface area contributed by atoms with Crippen molar-refractivity contribution < 1.29 is 13.2 Å². The maximum Gasteiger partial charge on any atom is 0.243 e. The van der Waals surface area contributed by atoms with E-state index in [0.29, 0.717) is 18.3 Å². The van der Waals surface area contributed by atoms with Gasteiger partial charge in [-0.2, -0.15) is 15.6 Å². The first kappa shape index (κ1) is 22.5. The first-order chi connectivity index (χ1) is 14.9. The molecule has 2 fully saturated rings. The molecule has 1 amide bonds. The van der Waals surface area contributed by atoms with E-state index in [4.69, 9.17) is 0 Å². The molecule has 0 bridgehead atoms. The Balaban J connectivity index is 1.36. The second kappa shape index (κ2) is 9.81. The van der Waals surface area contributed by atoms with Crippen molar-refractivity contribution in [1.29, 1.82) is 0 Å². The zero-order valence-electron chi connectivity index (χ0n) is 18.0. The maximum atomic E-state index is 13.0. The molecule has 168 valence electrons. The van der Waals surface area contributed by atoms with Gasteiger partial charge in [0.2, 0.25) is 15.9 Å². The molecule has 1 aromatic heterocycles. The lowest BCUT2D eigenvalue weighted by Crippen LogP contribution is -2.38. The van der Waals surface area contributed by atoms with E-state index in [-0.39, 0.29) is 16.8 Å². The summed E-state index contributed by atoms with van der Waals surface area (Å²) in [6, 6.07) is 9.06. The quantitative estimate of drug-likeness (QED) is 0.660. The Labute approximate surface area is 189 Å². The Morgan fingerprint density at radius 2 is 1.84 bits per heavy atom. The molecule has 2 heterocycles. The number of carbonyl (C=O) groups is 1. The highest BCUT2D eigenvalue weighted by Crippen LogP contribution is 2.33. The molecule has 1 saturated carbocycles. The minimum absolute atomic E-state index is 0.0722. The van der Waals surface area contributed by atoms with Crippen molar-refractivity contribution in [2.75, 3.05) is 25.5 Å². The third-order valence-corrected chi connectivity index (χ3v) is 9.17. The van der Waals surface area contributed by atoms with Gasteiger partial charge >= 0.3 is 0 Å². The number of thiophene rings is 1. The summed E-state index contributed by atoms with van der Waals surface area (Å²) in [6.45, 7) is 1.25. The Bertz CT molecular complexity index is 968. The number of nitrogens with one attached hydrogen (secondary N) is 1. The van der Waals surface area contributed by atoms with Crippen LogP contribution < -0.4 is 5.32 Å². The number of nitrogens with zero attached hydrogens (tertiary/aromatic N) is 2. The number of amides is 1. The molecule has 31 heavy (non-hydrogen) atoms. The third kappa shape index (κ3) is 5.19. The van der Waals surface area contributed by atoms with E-state index in [1.54, 1.807) is 42.6 Å². The van der Waals surface area contributed by atoms with Gasteiger partial charge < -0.3 is 5.32 Å². The van der Waals surface area contributed by atoms with Gasteiger partial charge in [-0.3, -0.25) is 9.69 Å². The van der Waals surface area contributed by atoms with Crippen LogP contribution in [0.5, 0.6) is 0 Å². The highest BCUT2D eigenvalue weighted by atomic mass is 32.2. The van der Waals surface area contributed by atoms with Crippen molar-refractivity contribution in [3.63, 3.8) is 0 Å². The molecule has 0 spiro atoms. The minimum atomic E-state index is -3.52. The number of anilines is 1. The van der Waals surface area contributed by atoms with E-state index < -0.39 is 10.0 Å². The molecule has 0 radical (unpaired) electrons. The molecule has 8 heteroatoms. The summed E-state index contributed by atoms with van der Waals surface area (Å²) in [5.74, 6) is -0.0722. The summed E-state index contributed by atoms with van der Waals surface area (Å²) < 4.78 is 27.5. The zero-order valence-corrected chi connectivity index (χ0v) is 19.6. The first-order valence-corrected chi connectivity index (χ1v) is 13.5. The minimum Gasteiger partial charge on any atom is -0.325 e. The Morgan fingerprint density at radius 3 is 2.52 bits per heavy atom. The lowest BCUT2D eigenvalue weighted by atomic mass is 9.96. The average molecular weight is 462 g/mol. The predicted molar refractivity (Wildman–Crippen MR) is 125 cm³/mol. The summed E-state index contributed by atoms with van der Waals surface area (Å²) in [5, 5.41) is 7.15. The van der Waals surface area contributed by atoms with Crippen LogP contribution >= 0.6 is 11.3 Å². The van der Waals surface area contributed by atoms with Gasteiger partial charge in [-0.05, 0) is 78.9 Å². The molecule has 1 aliphatic heterocycles. The third-order valence-electron chi connectivity index (χ3n) is 6.54. The lowest BCUT2D eigenvalue weighted by molar-refractivity contribution is -0.117. The number of hydrogen-bond donors (Lipinski definition) is 1. The van der Waals surface area contributed by atoms with Gasteiger partial charge in [0, 0.05) is 24.8 Å². The lowest BCUT2D eigenvalue weighted by Gasteiger charge is -2.30. The molecular formula is C23H31N3O3S2. The molecule has 2 aliphatic rings. The van der Waals surface area contributed by atoms with Crippen LogP contribution in [0.1, 0.15) is 56.6 Å². The molecule has 1 aromatic carbocycles. The van der Waals surface area contributed by atoms with Crippen LogP contribution in [0.25, 0.3) is 0 Å². The van der Waals surface area contributed by atoms with Gasteiger partial charge in [-0.1, -0.05) is 19.3 Å². The topological polar surface area (TPSA) is 69.7 Å². The van der Waals surface area contributed by atoms with Crippen molar-refractivity contribution in [3.8, 4) is 0 Å². The van der Waals surface area contributed by atoms with Crippen LogP contribution in [0.4, 0.5) is 5.69 Å². The normalized spacial score (nSPS) is 20.9. The van der Waals surface area contributed by atoms with Crippen molar-refractivity contribution in [3.05, 3.63) is 46.7 Å². The Hall–Kier alpha value is -1.74. The summed E-state index contributed by atoms with van der Waals surface area (Å²) in [5.41, 5.74) is 1.91. The second-order valence-electron chi connectivity index (χ2n) is 8.57. The van der Waals surface area contributed by atoms with E-state index in [1.165, 1.54) is 16.3 Å². The summed E-state index contributed by atoms with van der Waals surface area (Å²) in [4.78, 5) is 15.1. The van der Waals surface area contributed by atoms with Gasteiger partial charge in [0.05, 0.1) is 11.4 Å². The first-order valence-electron chi connectivity index (χ1n) is 11.1. The molecule has 1 N–H and O–H groups in total. The zero-order chi connectivity index (χ0) is 21.8. The Morgan fingerprint density at radius 1 is 1.10 bits per heavy atom. The summed E-state index contributed by atoms with van der Waals surface area (Å²) in [7, 11) is -1.84. The van der Waals surface area contributed by atoms with Crippen LogP contribution in [0.2, 0.25) is 0 Å². The summed E-state index contributed by atoms with van der Waals surface area (Å²) >= 11 is 1.68. The Kier molecular flexibility index (Phi) is 7.11. The van der Waals surface area contributed by atoms with E-state index in [1.807, 2.05) is 0 Å². The molecule has 1 saturated heterocycles. The molecule has 4 rings (SSSR count). The molecule has 1 aliphatic carbocycles. The fourth-order valence-electron chi connectivity index (χ4n) is 4.76. The smallest absolute Gasteiger partial charge is 0.243 e. The van der Waals surface area contributed by atoms with Crippen molar-refractivity contribution in [2.24, 2.45) is 0 Å². The number of carbonyl (C=O) groups excluding carboxylic acids is 1. The fraction of sp³-hybridized carbons (Fsp3) is 0.522. The SMILES string of the molecule is CN(C1CCCCC1)S(=O)(=O)c1ccc(NC(=O)CN2CCCC2c2ccsc2)cc1. The van der Waals surface area contributed by atoms with E-state index in [0.717, 1.165) is 45.1 Å². The van der Waals surface area contributed by atoms with E-state index in [9.17, 15) is 13.2 Å². The van der Waals surface area contributed by atoms with Gasteiger partial charge in [0.25, 0.3) is 0 Å². The van der Waals surface area contributed by atoms with Crippen LogP contribution in [-0.4, -0.2) is 49.7 Å². The maximum absolute atomic E-state index is 13.0. The molecular weight excluding hydrogens is 430 g/mol. The highest BCUT2D eigenvalue weighted by Gasteiger charge is 2.30. The molecule has 2 aromatic rings. The molecule has 6 nitrogen and oxygen atoms in total. The van der Waals surface area contributed by atoms with Gasteiger partial charge in [0.1, 0.15) is 0 Å². The second-order valence-corrected chi connectivity index (χ2v) is 11.3. The van der Waals surface area contributed by atoms with E-state index >= 15 is 0 Å². The number of likely N-dealkylation sites (tertiary alicyclic amines) is 1. The number of rotatable bonds is 7. The van der Waals surface area contributed by atoms with Crippen molar-refractivity contribution >= 4 is 33.0 Å². The van der Waals surface area contributed by atoms with E-state index in [2.05, 4.69) is 27.0 Å².